The molecule has 1 aromatic heterocycles. The molecule has 0 unspecified atom stereocenters. The summed E-state index contributed by atoms with van der Waals surface area (Å²) in [5.74, 6) is -0.286. The van der Waals surface area contributed by atoms with Crippen LogP contribution in [0.5, 0.6) is 0 Å². The molecule has 0 spiro atoms. The number of amides is 1. The second-order valence-electron chi connectivity index (χ2n) is 4.55. The molecule has 5 nitrogen and oxygen atoms in total. The van der Waals surface area contributed by atoms with Crippen molar-refractivity contribution in [2.45, 2.75) is 25.5 Å². The van der Waals surface area contributed by atoms with Crippen molar-refractivity contribution in [2.75, 3.05) is 0 Å². The van der Waals surface area contributed by atoms with E-state index in [0.29, 0.717) is 11.4 Å². The van der Waals surface area contributed by atoms with E-state index in [1.54, 1.807) is 6.92 Å². The molecule has 0 bridgehead atoms. The highest BCUT2D eigenvalue weighted by molar-refractivity contribution is 7.13. The summed E-state index contributed by atoms with van der Waals surface area (Å²) in [5.41, 5.74) is 2.05. The third-order valence-corrected chi connectivity index (χ3v) is 4.05. The number of benzene rings is 1. The Hall–Kier alpha value is -1.79. The highest BCUT2D eigenvalue weighted by atomic mass is 32.1. The Bertz CT molecular complexity index is 626. The number of fused-ring (bicyclic) bond motifs is 1. The summed E-state index contributed by atoms with van der Waals surface area (Å²) in [6.07, 6.45) is -0.0219. The van der Waals surface area contributed by atoms with Gasteiger partial charge in [0.15, 0.2) is 0 Å². The Kier molecular flexibility index (Phi) is 3.04. The van der Waals surface area contributed by atoms with Crippen molar-refractivity contribution in [2.24, 2.45) is 0 Å². The quantitative estimate of drug-likeness (QED) is 0.864. The van der Waals surface area contributed by atoms with E-state index < -0.39 is 6.10 Å². The molecule has 0 fully saturated rings. The predicted molar refractivity (Wildman–Crippen MR) is 71.0 cm³/mol. The number of nitrogens with zero attached hydrogens (tertiary/aromatic N) is 2. The van der Waals surface area contributed by atoms with Crippen LogP contribution in [0, 0.1) is 6.92 Å². The van der Waals surface area contributed by atoms with E-state index in [0.717, 1.165) is 16.1 Å². The molecule has 0 saturated heterocycles. The van der Waals surface area contributed by atoms with E-state index >= 15 is 0 Å². The summed E-state index contributed by atoms with van der Waals surface area (Å²) in [6.45, 7) is 1.80. The average Bonchev–Trinajstić information content (AvgIpc) is 2.95. The number of hydrogen-bond acceptors (Lipinski definition) is 5. The molecule has 2 N–H and O–H groups in total. The molecule has 6 heteroatoms. The molecular formula is C13H13N3O2S. The van der Waals surface area contributed by atoms with Crippen molar-refractivity contribution < 1.29 is 9.90 Å². The predicted octanol–water partition coefficient (Wildman–Crippen LogP) is 1.23. The van der Waals surface area contributed by atoms with Gasteiger partial charge in [0.05, 0.1) is 12.1 Å². The van der Waals surface area contributed by atoms with Gasteiger partial charge in [-0.2, -0.15) is 0 Å². The molecule has 0 saturated carbocycles. The largest absolute Gasteiger partial charge is 0.390 e. The van der Waals surface area contributed by atoms with Gasteiger partial charge < -0.3 is 10.4 Å². The maximum Gasteiger partial charge on any atom is 0.282 e. The highest BCUT2D eigenvalue weighted by Crippen LogP contribution is 2.31. The molecule has 98 valence electrons. The first-order valence-corrected chi connectivity index (χ1v) is 6.83. The van der Waals surface area contributed by atoms with Gasteiger partial charge in [-0.1, -0.05) is 35.6 Å². The number of rotatable bonds is 2. The van der Waals surface area contributed by atoms with Gasteiger partial charge in [-0.3, -0.25) is 4.79 Å². The van der Waals surface area contributed by atoms with E-state index in [4.69, 9.17) is 0 Å². The Morgan fingerprint density at radius 1 is 1.42 bits per heavy atom. The molecule has 1 aliphatic carbocycles. The smallest absolute Gasteiger partial charge is 0.282 e. The summed E-state index contributed by atoms with van der Waals surface area (Å²) < 4.78 is 0. The van der Waals surface area contributed by atoms with E-state index in [1.165, 1.54) is 11.3 Å². The number of aliphatic hydroxyl groups is 1. The van der Waals surface area contributed by atoms with Crippen LogP contribution >= 0.6 is 11.3 Å². The van der Waals surface area contributed by atoms with Gasteiger partial charge in [-0.25, -0.2) is 0 Å². The second kappa shape index (κ2) is 4.71. The molecule has 1 heterocycles. The van der Waals surface area contributed by atoms with Crippen LogP contribution in [0.2, 0.25) is 0 Å². The lowest BCUT2D eigenvalue weighted by molar-refractivity contribution is 0.0857. The molecule has 1 aromatic carbocycles. The SMILES string of the molecule is Cc1nnc(C(=O)N[C@@H]2c3ccccc3C[C@@H]2O)s1. The van der Waals surface area contributed by atoms with Crippen LogP contribution in [0.4, 0.5) is 0 Å². The fourth-order valence-electron chi connectivity index (χ4n) is 2.34. The molecule has 0 radical (unpaired) electrons. The van der Waals surface area contributed by atoms with Gasteiger partial charge in [0.2, 0.25) is 5.01 Å². The molecular weight excluding hydrogens is 262 g/mol. The Balaban J connectivity index is 1.82. The monoisotopic (exact) mass is 275 g/mol. The number of aryl methyl sites for hydroxylation is 1. The molecule has 1 amide bonds. The minimum absolute atomic E-state index is 0.286. The van der Waals surface area contributed by atoms with E-state index in [1.807, 2.05) is 24.3 Å². The summed E-state index contributed by atoms with van der Waals surface area (Å²) in [6, 6.07) is 7.38. The molecule has 2 aromatic rings. The second-order valence-corrected chi connectivity index (χ2v) is 5.73. The van der Waals surface area contributed by atoms with Gasteiger partial charge in [-0.05, 0) is 18.1 Å². The van der Waals surface area contributed by atoms with Gasteiger partial charge in [0.1, 0.15) is 5.01 Å². The summed E-state index contributed by atoms with van der Waals surface area (Å²) in [7, 11) is 0. The Morgan fingerprint density at radius 2 is 2.21 bits per heavy atom. The standard InChI is InChI=1S/C13H13N3O2S/c1-7-15-16-13(19-7)12(18)14-11-9-5-3-2-4-8(9)6-10(11)17/h2-5,10-11,17H,6H2,1H3,(H,14,18)/t10-,11+/m0/s1. The first kappa shape index (κ1) is 12.3. The van der Waals surface area contributed by atoms with Gasteiger partial charge in [0.25, 0.3) is 5.91 Å². The normalized spacial score (nSPS) is 21.2. The van der Waals surface area contributed by atoms with E-state index in [-0.39, 0.29) is 11.9 Å². The van der Waals surface area contributed by atoms with Crippen LogP contribution < -0.4 is 5.32 Å². The lowest BCUT2D eigenvalue weighted by Crippen LogP contribution is -2.33. The number of aliphatic hydroxyl groups excluding tert-OH is 1. The fourth-order valence-corrected chi connectivity index (χ4v) is 2.93. The van der Waals surface area contributed by atoms with Crippen molar-refractivity contribution in [1.82, 2.24) is 15.5 Å². The van der Waals surface area contributed by atoms with Crippen LogP contribution in [-0.2, 0) is 6.42 Å². The first-order valence-electron chi connectivity index (χ1n) is 6.02. The van der Waals surface area contributed by atoms with Crippen LogP contribution in [-0.4, -0.2) is 27.3 Å². The zero-order chi connectivity index (χ0) is 13.4. The minimum Gasteiger partial charge on any atom is -0.390 e. The average molecular weight is 275 g/mol. The molecule has 1 aliphatic rings. The zero-order valence-electron chi connectivity index (χ0n) is 10.3. The van der Waals surface area contributed by atoms with E-state index in [9.17, 15) is 9.90 Å². The number of carbonyl (C=O) groups excluding carboxylic acids is 1. The molecule has 0 aliphatic heterocycles. The zero-order valence-corrected chi connectivity index (χ0v) is 11.1. The van der Waals surface area contributed by atoms with Crippen LogP contribution in [0.1, 0.15) is 32.0 Å². The number of aromatic nitrogens is 2. The molecule has 3 rings (SSSR count). The highest BCUT2D eigenvalue weighted by Gasteiger charge is 2.32. The summed E-state index contributed by atoms with van der Waals surface area (Å²) in [5, 5.41) is 21.6. The Labute approximate surface area is 114 Å². The van der Waals surface area contributed by atoms with Crippen molar-refractivity contribution in [3.8, 4) is 0 Å². The van der Waals surface area contributed by atoms with Crippen LogP contribution in [0.25, 0.3) is 0 Å². The lowest BCUT2D eigenvalue weighted by atomic mass is 10.1. The van der Waals surface area contributed by atoms with Crippen LogP contribution in [0.15, 0.2) is 24.3 Å². The Morgan fingerprint density at radius 3 is 2.95 bits per heavy atom. The maximum absolute atomic E-state index is 12.1. The lowest BCUT2D eigenvalue weighted by Gasteiger charge is -2.16. The van der Waals surface area contributed by atoms with Crippen molar-refractivity contribution in [3.05, 3.63) is 45.4 Å². The van der Waals surface area contributed by atoms with Gasteiger partial charge in [-0.15, -0.1) is 10.2 Å². The maximum atomic E-state index is 12.1. The fraction of sp³-hybridized carbons (Fsp3) is 0.308. The summed E-state index contributed by atoms with van der Waals surface area (Å²) >= 11 is 1.25. The third kappa shape index (κ3) is 2.24. The van der Waals surface area contributed by atoms with Crippen LogP contribution in [0.3, 0.4) is 0 Å². The molecule has 19 heavy (non-hydrogen) atoms. The first-order chi connectivity index (χ1) is 9.15. The van der Waals surface area contributed by atoms with Crippen molar-refractivity contribution >= 4 is 17.2 Å². The third-order valence-electron chi connectivity index (χ3n) is 3.21. The van der Waals surface area contributed by atoms with Crippen molar-refractivity contribution in [1.29, 1.82) is 0 Å². The molecule has 2 atom stereocenters. The minimum atomic E-state index is -0.588. The van der Waals surface area contributed by atoms with E-state index in [2.05, 4.69) is 15.5 Å². The number of hydrogen-bond donors (Lipinski definition) is 2. The van der Waals surface area contributed by atoms with Gasteiger partial charge >= 0.3 is 0 Å². The number of nitrogens with one attached hydrogen (secondary N) is 1. The number of carbonyl (C=O) groups is 1. The van der Waals surface area contributed by atoms with Crippen molar-refractivity contribution in [3.63, 3.8) is 0 Å². The topological polar surface area (TPSA) is 75.1 Å². The summed E-state index contributed by atoms with van der Waals surface area (Å²) in [4.78, 5) is 12.1. The van der Waals surface area contributed by atoms with Gasteiger partial charge in [0, 0.05) is 6.42 Å².